The lowest BCUT2D eigenvalue weighted by molar-refractivity contribution is 0.661. The van der Waals surface area contributed by atoms with Crippen molar-refractivity contribution in [1.82, 2.24) is 24.1 Å². The molecule has 0 unspecified atom stereocenters. The second-order valence-electron chi connectivity index (χ2n) is 32.6. The van der Waals surface area contributed by atoms with E-state index in [1.54, 1.807) is 36.4 Å². The quantitative estimate of drug-likeness (QED) is 0.0905. The van der Waals surface area contributed by atoms with Crippen molar-refractivity contribution >= 4 is 108 Å². The summed E-state index contributed by atoms with van der Waals surface area (Å²) in [6.45, 7) is 4.34. The van der Waals surface area contributed by atoms with Crippen molar-refractivity contribution < 1.29 is 60.3 Å². The maximum Gasteiger partial charge on any atom is 0.235 e. The molecule has 22 aromatic carbocycles. The van der Waals surface area contributed by atoms with E-state index in [2.05, 4.69) is 43.1 Å². The third-order valence-electron chi connectivity index (χ3n) is 24.9. The molecule has 0 bridgehead atoms. The van der Waals surface area contributed by atoms with Gasteiger partial charge < -0.3 is 4.57 Å². The summed E-state index contributed by atoms with van der Waals surface area (Å²) < 4.78 is 393. The van der Waals surface area contributed by atoms with Gasteiger partial charge in [-0.3, -0.25) is 9.55 Å². The molecular formula is C130H87N5. The second-order valence-corrected chi connectivity index (χ2v) is 32.6. The number of fused-ring (bicyclic) bond motifs is 12. The summed E-state index contributed by atoms with van der Waals surface area (Å²) in [5.41, 5.74) is 2.14. The van der Waals surface area contributed by atoms with Gasteiger partial charge in [0.15, 0.2) is 0 Å². The molecule has 0 spiro atoms. The molecular weight excluding hydrogens is 1630 g/mol. The van der Waals surface area contributed by atoms with E-state index >= 15 is 0 Å². The molecule has 632 valence electrons. The Labute approximate surface area is 845 Å². The number of benzene rings is 22. The van der Waals surface area contributed by atoms with Crippen molar-refractivity contribution in [3.63, 3.8) is 0 Å². The lowest BCUT2D eigenvalue weighted by atomic mass is 9.80. The minimum Gasteiger partial charge on any atom is -0.309 e. The van der Waals surface area contributed by atoms with Crippen LogP contribution in [-0.4, -0.2) is 24.1 Å². The SMILES string of the molecule is [2H]c1c([2H])c([2H])c(-c2c([2H])c([2H])c(-c3c4ccccc4c(-c4c([2H])c([2H])c(-c5c([2H])c([2H])c([2H])c([2H])c5[2H])c([2H])c4-c4c([2H])c([2H])c([2H])c([2H])c4[2H])c4cc5ccccc5cc34)c(-c3c([2H])c([2H])c([2H])c([2H])c3[2H])c2[2H])c([2H])c1[2H].[2H]c1c([2H])c([2H])c(-c2cc(-c3c([2H])c([2H])c([2H])c([2H])c3[2H])nc(-n3c4ccccc4c4cc5c(cc43)C(C)(C)c3ccccc3-5)n2)c([2H])c1[2H].[2H]c1nc(-c2ccc3ccc4c(-c5c([2H])c([2H])c(-n6c7ccccc7c7ccccc76)c([2H])c5[2H])ccc5ccc2c3c54)c([2H])c([2H])c1[2H]. The van der Waals surface area contributed by atoms with Crippen LogP contribution in [0.1, 0.15) is 85.3 Å². The number of rotatable bonds is 12. The minimum atomic E-state index is -0.877. The first-order chi connectivity index (χ1) is 85.0. The van der Waals surface area contributed by atoms with Crippen LogP contribution in [0.3, 0.4) is 0 Å². The first-order valence-corrected chi connectivity index (χ1v) is 42.9. The lowest BCUT2D eigenvalue weighted by Crippen LogP contribution is -2.15. The predicted octanol–water partition coefficient (Wildman–Crippen LogP) is 34.8. The van der Waals surface area contributed by atoms with Gasteiger partial charge in [-0.15, -0.1) is 0 Å². The topological polar surface area (TPSA) is 48.5 Å². The molecule has 0 radical (unpaired) electrons. The van der Waals surface area contributed by atoms with Gasteiger partial charge in [-0.05, 0) is 250 Å². The molecule has 27 rings (SSSR count). The Bertz CT molecular complexity index is 11500. The summed E-state index contributed by atoms with van der Waals surface area (Å²) in [5, 5.41) is 10.0. The Morgan fingerprint density at radius 2 is 0.637 bits per heavy atom. The molecule has 0 fully saturated rings. The summed E-state index contributed by atoms with van der Waals surface area (Å²) in [7, 11) is 0. The maximum absolute atomic E-state index is 10.0. The fourth-order valence-corrected chi connectivity index (χ4v) is 18.9. The molecule has 26 aromatic rings. The zero-order valence-corrected chi connectivity index (χ0v) is 71.1. The monoisotopic (exact) mass is 1760 g/mol. The molecule has 0 saturated carbocycles. The fraction of sp³-hybridized carbons (Fsp3) is 0.0231. The largest absolute Gasteiger partial charge is 0.309 e. The Morgan fingerprint density at radius 1 is 0.230 bits per heavy atom. The van der Waals surface area contributed by atoms with Gasteiger partial charge in [0, 0.05) is 55.5 Å². The van der Waals surface area contributed by atoms with E-state index in [-0.39, 0.29) is 132 Å². The third kappa shape index (κ3) is 13.8. The second kappa shape index (κ2) is 33.2. The van der Waals surface area contributed by atoms with Crippen molar-refractivity contribution in [3.05, 3.63) is 502 Å². The highest BCUT2D eigenvalue weighted by Gasteiger charge is 2.37. The third-order valence-corrected chi connectivity index (χ3v) is 24.9. The Kier molecular flexibility index (Phi) is 11.4. The first kappa shape index (κ1) is 46.3. The predicted molar refractivity (Wildman–Crippen MR) is 570 cm³/mol. The van der Waals surface area contributed by atoms with Gasteiger partial charge >= 0.3 is 0 Å². The molecule has 0 N–H and O–H groups in total. The average Bonchev–Trinajstić information content (AvgIpc) is 1.62. The molecule has 1 aliphatic rings. The van der Waals surface area contributed by atoms with Crippen LogP contribution in [0.4, 0.5) is 0 Å². The van der Waals surface area contributed by atoms with Crippen LogP contribution in [-0.2, 0) is 5.41 Å². The molecule has 1 aliphatic carbocycles. The number of nitrogens with zero attached hydrogens (tertiary/aromatic N) is 5. The normalized spacial score (nSPS) is 16.7. The molecule has 0 saturated heterocycles. The van der Waals surface area contributed by atoms with E-state index in [9.17, 15) is 19.2 Å². The number of aromatic nitrogens is 5. The van der Waals surface area contributed by atoms with E-state index in [0.717, 1.165) is 92.6 Å². The van der Waals surface area contributed by atoms with E-state index in [4.69, 9.17) is 51.1 Å². The highest BCUT2D eigenvalue weighted by molar-refractivity contribution is 6.29. The Balaban J connectivity index is 0.000000139. The van der Waals surface area contributed by atoms with E-state index in [1.807, 2.05) is 143 Å². The molecule has 5 nitrogen and oxygen atoms in total. The standard InChI is InChI=1S/C54H36.C39H24N2.C37H27N3/c1-5-17-37(18-6-1)43-29-31-47(49(33-43)39-21-9-3-10-22-39)53-45-27-15-16-28-46(45)54(52-36-42-26-14-13-25-41(42)35-51(52)53)48-32-30-44(38-19-7-2-8-20-38)34-50(48)40-23-11-4-12-24-40;1-3-10-36-31(7-1)32-8-2-4-11-37(32)41(36)28-18-12-25(13-19-28)29-20-14-26-17-23-34-30(35-9-5-6-24-40-35)21-15-27-16-22-33(29)38(26)39(27)34;1-37(2)30-19-11-9-17-26(30)28-21-29-27-18-10-12-20-34(27)40(35(29)22-31(28)37)36-38-32(24-13-5-3-6-14-24)23-33(39-36)25-15-7-4-8-16-25/h1-36H;1-24H;3-23H,1-2H3/i1D,2D,3D,4D,5D,6D,7D,8D,9D,10D,11D,12D,17D,18D,19D,20D,21D,22D,23D,24D,29D,30D,31D,32D,33D,34D;5D,6D,9D,12D,13D,18D,19D,24D;3D,4D,5D,6D,7D,8D,13D,14D,15D,16D. The van der Waals surface area contributed by atoms with E-state index in [0.29, 0.717) is 21.9 Å². The van der Waals surface area contributed by atoms with Gasteiger partial charge in [0.05, 0.1) is 99.5 Å². The highest BCUT2D eigenvalue weighted by atomic mass is 15.2. The molecule has 0 aliphatic heterocycles. The van der Waals surface area contributed by atoms with E-state index < -0.39 is 273 Å². The molecule has 0 atom stereocenters. The van der Waals surface area contributed by atoms with Gasteiger partial charge in [0.1, 0.15) is 0 Å². The summed E-state index contributed by atoms with van der Waals surface area (Å²) >= 11 is 0. The van der Waals surface area contributed by atoms with Crippen molar-refractivity contribution in [3.8, 4) is 134 Å². The maximum atomic E-state index is 10.0. The molecule has 4 heterocycles. The number of hydrogen-bond donors (Lipinski definition) is 0. The van der Waals surface area contributed by atoms with Gasteiger partial charge in [0.25, 0.3) is 0 Å². The molecule has 0 amide bonds. The van der Waals surface area contributed by atoms with E-state index in [1.165, 1.54) is 35.9 Å². The fourth-order valence-electron chi connectivity index (χ4n) is 18.9. The van der Waals surface area contributed by atoms with Gasteiger partial charge in [0.2, 0.25) is 5.95 Å². The zero-order chi connectivity index (χ0) is 128. The Morgan fingerprint density at radius 3 is 1.16 bits per heavy atom. The molecule has 5 heteroatoms. The van der Waals surface area contributed by atoms with Crippen LogP contribution in [0.25, 0.3) is 243 Å². The Hall–Kier alpha value is -17.5. The highest BCUT2D eigenvalue weighted by Crippen LogP contribution is 2.54. The number of hydrogen-bond acceptors (Lipinski definition) is 3. The van der Waals surface area contributed by atoms with Crippen LogP contribution < -0.4 is 0 Å². The molecule has 4 aromatic heterocycles. The van der Waals surface area contributed by atoms with Crippen molar-refractivity contribution in [2.24, 2.45) is 0 Å². The van der Waals surface area contributed by atoms with Crippen LogP contribution >= 0.6 is 0 Å². The molecule has 135 heavy (non-hydrogen) atoms. The summed E-state index contributed by atoms with van der Waals surface area (Å²) in [6, 6.07) is 39.3. The number of para-hydroxylation sites is 3. The summed E-state index contributed by atoms with van der Waals surface area (Å²) in [6.07, 6.45) is -0.364. The van der Waals surface area contributed by atoms with Crippen LogP contribution in [0, 0.1) is 0 Å². The average molecular weight is 1760 g/mol. The van der Waals surface area contributed by atoms with Crippen molar-refractivity contribution in [2.75, 3.05) is 0 Å². The lowest BCUT2D eigenvalue weighted by Gasteiger charge is -2.22. The van der Waals surface area contributed by atoms with Crippen molar-refractivity contribution in [2.45, 2.75) is 19.3 Å². The summed E-state index contributed by atoms with van der Waals surface area (Å²) in [4.78, 5) is 13.9. The first-order valence-electron chi connectivity index (χ1n) is 64.9. The smallest absolute Gasteiger partial charge is 0.235 e. The van der Waals surface area contributed by atoms with Gasteiger partial charge in [-0.2, -0.15) is 0 Å². The van der Waals surface area contributed by atoms with Crippen molar-refractivity contribution in [1.29, 1.82) is 0 Å². The zero-order valence-electron chi connectivity index (χ0n) is 115. The summed E-state index contributed by atoms with van der Waals surface area (Å²) in [5.74, 6) is 0.0376. The number of pyridine rings is 1. The van der Waals surface area contributed by atoms with Crippen LogP contribution in [0.15, 0.2) is 490 Å². The van der Waals surface area contributed by atoms with Gasteiger partial charge in [-0.25, -0.2) is 9.97 Å². The minimum absolute atomic E-state index is 0.0376. The van der Waals surface area contributed by atoms with Crippen LogP contribution in [0.2, 0.25) is 0 Å². The van der Waals surface area contributed by atoms with Crippen LogP contribution in [0.5, 0.6) is 0 Å². The van der Waals surface area contributed by atoms with Gasteiger partial charge in [-0.1, -0.05) is 413 Å².